The number of aromatic nitrogens is 3. The second kappa shape index (κ2) is 4.14. The Balaban J connectivity index is 2.03. The zero-order valence-electron chi connectivity index (χ0n) is 10.4. The number of hydrogen-bond donors (Lipinski definition) is 0. The van der Waals surface area contributed by atoms with Crippen LogP contribution in [-0.2, 0) is 0 Å². The van der Waals surface area contributed by atoms with Crippen LogP contribution >= 0.6 is 0 Å². The maximum atomic E-state index is 4.54. The van der Waals surface area contributed by atoms with Crippen LogP contribution in [0.3, 0.4) is 0 Å². The molecule has 0 bridgehead atoms. The summed E-state index contributed by atoms with van der Waals surface area (Å²) in [6.45, 7) is 0. The number of nitrogens with zero attached hydrogens (tertiary/aromatic N) is 4. The standard InChI is InChI=1S/C14H14N4/c1-17(2)12-5-3-11(4-6-12)13-10-18-8-7-15-9-14(18)16-13/h3-10H,1-2H3. The van der Waals surface area contributed by atoms with Crippen molar-refractivity contribution < 1.29 is 0 Å². The van der Waals surface area contributed by atoms with Crippen LogP contribution in [0.5, 0.6) is 0 Å². The van der Waals surface area contributed by atoms with Crippen molar-refractivity contribution in [1.29, 1.82) is 0 Å². The normalized spacial score (nSPS) is 10.8. The third-order valence-electron chi connectivity index (χ3n) is 2.94. The van der Waals surface area contributed by atoms with E-state index >= 15 is 0 Å². The zero-order chi connectivity index (χ0) is 12.5. The molecule has 0 saturated carbocycles. The molecule has 0 aliphatic heterocycles. The van der Waals surface area contributed by atoms with E-state index in [1.807, 2.05) is 30.9 Å². The first-order valence-corrected chi connectivity index (χ1v) is 5.80. The summed E-state index contributed by atoms with van der Waals surface area (Å²) in [5, 5.41) is 0. The Bertz CT molecular complexity index is 635. The lowest BCUT2D eigenvalue weighted by molar-refractivity contribution is 1.13. The van der Waals surface area contributed by atoms with Crippen molar-refractivity contribution in [2.45, 2.75) is 0 Å². The van der Waals surface area contributed by atoms with E-state index in [2.05, 4.69) is 39.1 Å². The molecule has 0 saturated heterocycles. The fourth-order valence-electron chi connectivity index (χ4n) is 1.91. The van der Waals surface area contributed by atoms with Gasteiger partial charge in [0.05, 0.1) is 11.9 Å². The van der Waals surface area contributed by atoms with E-state index in [9.17, 15) is 0 Å². The lowest BCUT2D eigenvalue weighted by atomic mass is 10.1. The lowest BCUT2D eigenvalue weighted by Gasteiger charge is -2.12. The summed E-state index contributed by atoms with van der Waals surface area (Å²) in [7, 11) is 4.07. The predicted octanol–water partition coefficient (Wildman–Crippen LogP) is 2.46. The van der Waals surface area contributed by atoms with Crippen LogP contribution in [-0.4, -0.2) is 28.5 Å². The van der Waals surface area contributed by atoms with Crippen molar-refractivity contribution in [2.75, 3.05) is 19.0 Å². The van der Waals surface area contributed by atoms with Gasteiger partial charge in [-0.05, 0) is 12.1 Å². The predicted molar refractivity (Wildman–Crippen MR) is 72.8 cm³/mol. The highest BCUT2D eigenvalue weighted by Gasteiger charge is 2.04. The molecule has 0 spiro atoms. The van der Waals surface area contributed by atoms with Gasteiger partial charge in [0.2, 0.25) is 0 Å². The van der Waals surface area contributed by atoms with Gasteiger partial charge in [-0.2, -0.15) is 0 Å². The molecular weight excluding hydrogens is 224 g/mol. The Kier molecular flexibility index (Phi) is 2.48. The zero-order valence-corrected chi connectivity index (χ0v) is 10.4. The summed E-state index contributed by atoms with van der Waals surface area (Å²) in [6, 6.07) is 8.37. The van der Waals surface area contributed by atoms with Crippen LogP contribution < -0.4 is 4.90 Å². The van der Waals surface area contributed by atoms with E-state index in [0.29, 0.717) is 0 Å². The molecular formula is C14H14N4. The number of benzene rings is 1. The van der Waals surface area contributed by atoms with Gasteiger partial charge in [-0.15, -0.1) is 0 Å². The minimum absolute atomic E-state index is 0.865. The van der Waals surface area contributed by atoms with E-state index in [0.717, 1.165) is 16.9 Å². The molecule has 2 aromatic heterocycles. The molecule has 0 radical (unpaired) electrons. The van der Waals surface area contributed by atoms with Gasteiger partial charge in [-0.1, -0.05) is 12.1 Å². The molecule has 0 aliphatic rings. The third-order valence-corrected chi connectivity index (χ3v) is 2.94. The average molecular weight is 238 g/mol. The highest BCUT2D eigenvalue weighted by molar-refractivity contribution is 5.65. The van der Waals surface area contributed by atoms with Gasteiger partial charge in [-0.25, -0.2) is 4.98 Å². The largest absolute Gasteiger partial charge is 0.378 e. The van der Waals surface area contributed by atoms with E-state index in [4.69, 9.17) is 0 Å². The van der Waals surface area contributed by atoms with Crippen LogP contribution in [0.1, 0.15) is 0 Å². The van der Waals surface area contributed by atoms with Gasteiger partial charge in [0.1, 0.15) is 0 Å². The highest BCUT2D eigenvalue weighted by atomic mass is 15.1. The molecule has 90 valence electrons. The number of rotatable bonds is 2. The quantitative estimate of drug-likeness (QED) is 0.687. The average Bonchev–Trinajstić information content (AvgIpc) is 2.82. The lowest BCUT2D eigenvalue weighted by Crippen LogP contribution is -2.07. The van der Waals surface area contributed by atoms with E-state index in [1.165, 1.54) is 5.69 Å². The molecule has 0 aliphatic carbocycles. The third kappa shape index (κ3) is 1.82. The van der Waals surface area contributed by atoms with E-state index < -0.39 is 0 Å². The molecule has 0 N–H and O–H groups in total. The summed E-state index contributed by atoms with van der Waals surface area (Å²) in [6.07, 6.45) is 7.44. The Morgan fingerprint density at radius 3 is 2.56 bits per heavy atom. The molecule has 3 aromatic rings. The van der Waals surface area contributed by atoms with Crippen LogP contribution in [0.4, 0.5) is 5.69 Å². The summed E-state index contributed by atoms with van der Waals surface area (Å²) in [4.78, 5) is 10.7. The van der Waals surface area contributed by atoms with Crippen molar-refractivity contribution in [1.82, 2.24) is 14.4 Å². The SMILES string of the molecule is CN(C)c1ccc(-c2cn3ccncc3n2)cc1. The molecule has 0 atom stereocenters. The molecule has 3 rings (SSSR count). The van der Waals surface area contributed by atoms with Crippen molar-refractivity contribution >= 4 is 11.3 Å². The molecule has 2 heterocycles. The van der Waals surface area contributed by atoms with Gasteiger partial charge in [0, 0.05) is 43.9 Å². The fourth-order valence-corrected chi connectivity index (χ4v) is 1.91. The first-order chi connectivity index (χ1) is 8.74. The maximum Gasteiger partial charge on any atom is 0.155 e. The van der Waals surface area contributed by atoms with Gasteiger partial charge in [0.25, 0.3) is 0 Å². The molecule has 0 amide bonds. The number of anilines is 1. The van der Waals surface area contributed by atoms with Gasteiger partial charge in [-0.3, -0.25) is 4.98 Å². The van der Waals surface area contributed by atoms with Crippen LogP contribution in [0.15, 0.2) is 49.1 Å². The Hall–Kier alpha value is -2.36. The second-order valence-electron chi connectivity index (χ2n) is 4.41. The first-order valence-electron chi connectivity index (χ1n) is 5.80. The summed E-state index contributed by atoms with van der Waals surface area (Å²) in [5.74, 6) is 0. The Morgan fingerprint density at radius 1 is 1.11 bits per heavy atom. The van der Waals surface area contributed by atoms with Gasteiger partial charge < -0.3 is 9.30 Å². The minimum atomic E-state index is 0.865. The van der Waals surface area contributed by atoms with Crippen LogP contribution in [0, 0.1) is 0 Å². The number of hydrogen-bond acceptors (Lipinski definition) is 3. The van der Waals surface area contributed by atoms with Crippen molar-refractivity contribution in [2.24, 2.45) is 0 Å². The highest BCUT2D eigenvalue weighted by Crippen LogP contribution is 2.21. The van der Waals surface area contributed by atoms with Gasteiger partial charge in [0.15, 0.2) is 5.65 Å². The summed E-state index contributed by atoms with van der Waals surface area (Å²) < 4.78 is 1.97. The molecule has 4 heteroatoms. The topological polar surface area (TPSA) is 33.4 Å². The molecule has 0 fully saturated rings. The summed E-state index contributed by atoms with van der Waals surface area (Å²) >= 11 is 0. The van der Waals surface area contributed by atoms with Crippen molar-refractivity contribution in [3.8, 4) is 11.3 Å². The van der Waals surface area contributed by atoms with Crippen LogP contribution in [0.2, 0.25) is 0 Å². The Labute approximate surface area is 106 Å². The minimum Gasteiger partial charge on any atom is -0.378 e. The Morgan fingerprint density at radius 2 is 1.89 bits per heavy atom. The molecule has 18 heavy (non-hydrogen) atoms. The van der Waals surface area contributed by atoms with Crippen LogP contribution in [0.25, 0.3) is 16.9 Å². The number of fused-ring (bicyclic) bond motifs is 1. The number of imidazole rings is 1. The molecule has 4 nitrogen and oxygen atoms in total. The second-order valence-corrected chi connectivity index (χ2v) is 4.41. The van der Waals surface area contributed by atoms with E-state index in [-0.39, 0.29) is 0 Å². The molecule has 1 aromatic carbocycles. The monoisotopic (exact) mass is 238 g/mol. The van der Waals surface area contributed by atoms with Crippen molar-refractivity contribution in [3.63, 3.8) is 0 Å². The maximum absolute atomic E-state index is 4.54. The van der Waals surface area contributed by atoms with Crippen molar-refractivity contribution in [3.05, 3.63) is 49.1 Å². The van der Waals surface area contributed by atoms with E-state index in [1.54, 1.807) is 12.4 Å². The fraction of sp³-hybridized carbons (Fsp3) is 0.143. The first kappa shape index (κ1) is 10.8. The smallest absolute Gasteiger partial charge is 0.155 e. The van der Waals surface area contributed by atoms with Gasteiger partial charge >= 0.3 is 0 Å². The molecule has 0 unspecified atom stereocenters. The summed E-state index contributed by atoms with van der Waals surface area (Å²) in [5.41, 5.74) is 4.13.